The summed E-state index contributed by atoms with van der Waals surface area (Å²) in [5, 5.41) is 0.824. The zero-order valence-corrected chi connectivity index (χ0v) is 16.5. The number of methoxy groups -OCH3 is 3. The van der Waals surface area contributed by atoms with Crippen molar-refractivity contribution < 1.29 is 33.0 Å². The number of hydrogen-bond acceptors (Lipinski definition) is 7. The summed E-state index contributed by atoms with van der Waals surface area (Å²) in [4.78, 5) is 24.3. The Balaban J connectivity index is 1.56. The van der Waals surface area contributed by atoms with Crippen molar-refractivity contribution in [3.8, 4) is 17.2 Å². The molecule has 2 aromatic carbocycles. The van der Waals surface area contributed by atoms with Gasteiger partial charge >= 0.3 is 5.97 Å². The highest BCUT2D eigenvalue weighted by molar-refractivity contribution is 5.99. The van der Waals surface area contributed by atoms with Gasteiger partial charge in [0, 0.05) is 11.8 Å². The Bertz CT molecular complexity index is 961. The van der Waals surface area contributed by atoms with Crippen molar-refractivity contribution in [2.24, 2.45) is 0 Å². The molecule has 3 aromatic rings. The van der Waals surface area contributed by atoms with Crippen molar-refractivity contribution in [2.45, 2.75) is 12.8 Å². The largest absolute Gasteiger partial charge is 0.493 e. The first kappa shape index (κ1) is 20.3. The number of benzene rings is 2. The van der Waals surface area contributed by atoms with Crippen molar-refractivity contribution in [1.29, 1.82) is 0 Å². The standard InChI is InChI=1S/C22H22O7/c1-25-19-10-14(11-20(26-2)22(19)27-3)8-9-21(24)28-13-16(23)18-12-15-6-4-5-7-17(15)29-18/h4-7,10-12H,8-9,13H2,1-3H3. The second-order valence-corrected chi connectivity index (χ2v) is 6.27. The molecule has 0 atom stereocenters. The molecule has 3 rings (SSSR count). The van der Waals surface area contributed by atoms with Gasteiger partial charge in [-0.1, -0.05) is 18.2 Å². The van der Waals surface area contributed by atoms with Crippen LogP contribution in [0, 0.1) is 0 Å². The van der Waals surface area contributed by atoms with E-state index >= 15 is 0 Å². The molecule has 1 aromatic heterocycles. The molecule has 0 amide bonds. The molecule has 1 heterocycles. The molecule has 0 aliphatic heterocycles. The van der Waals surface area contributed by atoms with E-state index in [4.69, 9.17) is 23.4 Å². The zero-order valence-electron chi connectivity index (χ0n) is 16.5. The fourth-order valence-corrected chi connectivity index (χ4v) is 2.93. The number of aryl methyl sites for hydroxylation is 1. The summed E-state index contributed by atoms with van der Waals surface area (Å²) in [5.74, 6) is 0.803. The molecule has 7 nitrogen and oxygen atoms in total. The average molecular weight is 398 g/mol. The molecular formula is C22H22O7. The number of furan rings is 1. The fraction of sp³-hybridized carbons (Fsp3) is 0.273. The molecule has 0 unspecified atom stereocenters. The van der Waals surface area contributed by atoms with Gasteiger partial charge in [-0.25, -0.2) is 0 Å². The van der Waals surface area contributed by atoms with Crippen LogP contribution < -0.4 is 14.2 Å². The van der Waals surface area contributed by atoms with Gasteiger partial charge in [0.2, 0.25) is 11.5 Å². The predicted molar refractivity (Wildman–Crippen MR) is 106 cm³/mol. The molecule has 0 bridgehead atoms. The van der Waals surface area contributed by atoms with Gasteiger partial charge in [-0.05, 0) is 36.2 Å². The molecule has 0 saturated heterocycles. The van der Waals surface area contributed by atoms with Crippen LogP contribution in [0.4, 0.5) is 0 Å². The predicted octanol–water partition coefficient (Wildman–Crippen LogP) is 3.82. The Morgan fingerprint density at radius 2 is 1.62 bits per heavy atom. The number of carbonyl (C=O) groups is 2. The summed E-state index contributed by atoms with van der Waals surface area (Å²) >= 11 is 0. The van der Waals surface area contributed by atoms with Crippen molar-refractivity contribution in [2.75, 3.05) is 27.9 Å². The number of fused-ring (bicyclic) bond motifs is 1. The smallest absolute Gasteiger partial charge is 0.306 e. The van der Waals surface area contributed by atoms with Gasteiger partial charge in [-0.15, -0.1) is 0 Å². The Hall–Kier alpha value is -3.48. The quantitative estimate of drug-likeness (QED) is 0.400. The molecule has 0 saturated carbocycles. The van der Waals surface area contributed by atoms with Crippen LogP contribution in [0.2, 0.25) is 0 Å². The lowest BCUT2D eigenvalue weighted by molar-refractivity contribution is -0.142. The number of Topliss-reactive ketones (excluding diaryl/α,β-unsaturated/α-hetero) is 1. The van der Waals surface area contributed by atoms with Crippen LogP contribution in [0.1, 0.15) is 22.5 Å². The van der Waals surface area contributed by atoms with E-state index in [0.29, 0.717) is 29.3 Å². The second kappa shape index (κ2) is 9.14. The molecule has 0 aliphatic rings. The van der Waals surface area contributed by atoms with E-state index in [2.05, 4.69) is 0 Å². The third-order valence-electron chi connectivity index (χ3n) is 4.41. The number of para-hydroxylation sites is 1. The SMILES string of the molecule is COc1cc(CCC(=O)OCC(=O)c2cc3ccccc3o2)cc(OC)c1OC. The Kier molecular flexibility index (Phi) is 6.39. The summed E-state index contributed by atoms with van der Waals surface area (Å²) in [6.07, 6.45) is 0.500. The molecule has 0 spiro atoms. The average Bonchev–Trinajstić information content (AvgIpc) is 3.19. The number of hydrogen-bond donors (Lipinski definition) is 0. The lowest BCUT2D eigenvalue weighted by atomic mass is 10.1. The maximum Gasteiger partial charge on any atom is 0.306 e. The lowest BCUT2D eigenvalue weighted by Gasteiger charge is -2.14. The fourth-order valence-electron chi connectivity index (χ4n) is 2.93. The summed E-state index contributed by atoms with van der Waals surface area (Å²) in [5.41, 5.74) is 1.43. The number of ketones is 1. The van der Waals surface area contributed by atoms with Crippen molar-refractivity contribution in [3.63, 3.8) is 0 Å². The van der Waals surface area contributed by atoms with Crippen LogP contribution in [0.25, 0.3) is 11.0 Å². The van der Waals surface area contributed by atoms with Gasteiger partial charge in [0.1, 0.15) is 5.58 Å². The molecule has 0 aliphatic carbocycles. The molecule has 7 heteroatoms. The monoisotopic (exact) mass is 398 g/mol. The lowest BCUT2D eigenvalue weighted by Crippen LogP contribution is -2.14. The van der Waals surface area contributed by atoms with E-state index in [9.17, 15) is 9.59 Å². The van der Waals surface area contributed by atoms with Crippen molar-refractivity contribution >= 4 is 22.7 Å². The van der Waals surface area contributed by atoms with Gasteiger partial charge in [-0.2, -0.15) is 0 Å². The zero-order chi connectivity index (χ0) is 20.8. The van der Waals surface area contributed by atoms with Gasteiger partial charge in [0.25, 0.3) is 0 Å². The van der Waals surface area contributed by atoms with Crippen LogP contribution in [-0.2, 0) is 16.0 Å². The molecule has 0 fully saturated rings. The maximum atomic E-state index is 12.2. The highest BCUT2D eigenvalue weighted by Gasteiger charge is 2.16. The van der Waals surface area contributed by atoms with Gasteiger partial charge in [-0.3, -0.25) is 9.59 Å². The molecular weight excluding hydrogens is 376 g/mol. The summed E-state index contributed by atoms with van der Waals surface area (Å²) in [7, 11) is 4.58. The van der Waals surface area contributed by atoms with Crippen LogP contribution in [-0.4, -0.2) is 39.7 Å². The van der Waals surface area contributed by atoms with E-state index in [1.165, 1.54) is 21.3 Å². The molecule has 152 valence electrons. The number of ether oxygens (including phenoxy) is 4. The Morgan fingerprint density at radius 3 is 2.24 bits per heavy atom. The first-order valence-corrected chi connectivity index (χ1v) is 9.02. The van der Waals surface area contributed by atoms with E-state index in [1.807, 2.05) is 18.2 Å². The molecule has 0 N–H and O–H groups in total. The van der Waals surface area contributed by atoms with Crippen LogP contribution in [0.3, 0.4) is 0 Å². The maximum absolute atomic E-state index is 12.2. The van der Waals surface area contributed by atoms with Crippen molar-refractivity contribution in [1.82, 2.24) is 0 Å². The van der Waals surface area contributed by atoms with Gasteiger partial charge in [0.05, 0.1) is 21.3 Å². The normalized spacial score (nSPS) is 10.6. The van der Waals surface area contributed by atoms with Crippen LogP contribution in [0.5, 0.6) is 17.2 Å². The van der Waals surface area contributed by atoms with E-state index in [0.717, 1.165) is 10.9 Å². The topological polar surface area (TPSA) is 84.2 Å². The molecule has 29 heavy (non-hydrogen) atoms. The minimum Gasteiger partial charge on any atom is -0.493 e. The highest BCUT2D eigenvalue weighted by Crippen LogP contribution is 2.38. The summed E-state index contributed by atoms with van der Waals surface area (Å²) in [6, 6.07) is 12.5. The second-order valence-electron chi connectivity index (χ2n) is 6.27. The summed E-state index contributed by atoms with van der Waals surface area (Å²) < 4.78 is 26.5. The highest BCUT2D eigenvalue weighted by atomic mass is 16.5. The van der Waals surface area contributed by atoms with E-state index in [1.54, 1.807) is 24.3 Å². The van der Waals surface area contributed by atoms with Gasteiger partial charge in [0.15, 0.2) is 23.9 Å². The van der Waals surface area contributed by atoms with Crippen LogP contribution in [0.15, 0.2) is 46.9 Å². The number of esters is 1. The van der Waals surface area contributed by atoms with E-state index in [-0.39, 0.29) is 24.6 Å². The Labute approximate surface area is 168 Å². The van der Waals surface area contributed by atoms with Crippen molar-refractivity contribution in [3.05, 3.63) is 53.8 Å². The molecule has 0 radical (unpaired) electrons. The third-order valence-corrected chi connectivity index (χ3v) is 4.41. The minimum absolute atomic E-state index is 0.103. The minimum atomic E-state index is -0.483. The van der Waals surface area contributed by atoms with E-state index < -0.39 is 5.97 Å². The third kappa shape index (κ3) is 4.68. The summed E-state index contributed by atoms with van der Waals surface area (Å²) in [6.45, 7) is -0.367. The first-order chi connectivity index (χ1) is 14.0. The van der Waals surface area contributed by atoms with Crippen LogP contribution >= 0.6 is 0 Å². The Morgan fingerprint density at radius 1 is 0.931 bits per heavy atom. The number of rotatable bonds is 9. The first-order valence-electron chi connectivity index (χ1n) is 9.02. The number of carbonyl (C=O) groups excluding carboxylic acids is 2. The van der Waals surface area contributed by atoms with Gasteiger partial charge < -0.3 is 23.4 Å².